The molecule has 0 bridgehead atoms. The summed E-state index contributed by atoms with van der Waals surface area (Å²) in [7, 11) is 0. The van der Waals surface area contributed by atoms with E-state index >= 15 is 0 Å². The second kappa shape index (κ2) is 6.02. The van der Waals surface area contributed by atoms with Crippen molar-refractivity contribution in [3.05, 3.63) is 33.9 Å². The van der Waals surface area contributed by atoms with Crippen LogP contribution in [0.25, 0.3) is 0 Å². The van der Waals surface area contributed by atoms with E-state index in [0.717, 1.165) is 38.2 Å². The number of nitro groups is 1. The van der Waals surface area contributed by atoms with Gasteiger partial charge in [0, 0.05) is 18.7 Å². The molecule has 0 spiro atoms. The fourth-order valence-electron chi connectivity index (χ4n) is 4.01. The molecular formula is C16H19F3N2O2. The average molecular weight is 328 g/mol. The molecule has 7 heteroatoms. The Bertz CT molecular complexity index is 601. The number of nitrogens with zero attached hydrogens (tertiary/aromatic N) is 2. The summed E-state index contributed by atoms with van der Waals surface area (Å²) < 4.78 is 38.5. The molecule has 0 radical (unpaired) electrons. The standard InChI is InChI=1S/C16H19F3N2O2/c17-16(18,19)12-7-8-14(15(10-12)21(22)23)20-9-3-5-11-4-1-2-6-13(11)20/h7-8,10-11,13H,1-6,9H2/t11-,13+/m1/s1. The van der Waals surface area contributed by atoms with E-state index in [1.807, 2.05) is 4.90 Å². The largest absolute Gasteiger partial charge is 0.416 e. The predicted molar refractivity (Wildman–Crippen MR) is 80.4 cm³/mol. The number of nitro benzene ring substituents is 1. The van der Waals surface area contributed by atoms with Crippen LogP contribution in [0.3, 0.4) is 0 Å². The van der Waals surface area contributed by atoms with Gasteiger partial charge in [0.2, 0.25) is 0 Å². The van der Waals surface area contributed by atoms with Crippen molar-refractivity contribution in [3.8, 4) is 0 Å². The van der Waals surface area contributed by atoms with Crippen LogP contribution in [-0.4, -0.2) is 17.5 Å². The molecule has 1 aromatic rings. The number of hydrogen-bond donors (Lipinski definition) is 0. The number of benzene rings is 1. The third-order valence-electron chi connectivity index (χ3n) is 5.05. The SMILES string of the molecule is O=[N+]([O-])c1cc(C(F)(F)F)ccc1N1CCC[C@H]2CCCC[C@@H]21. The summed E-state index contributed by atoms with van der Waals surface area (Å²) in [4.78, 5) is 12.6. The first-order valence-corrected chi connectivity index (χ1v) is 8.00. The van der Waals surface area contributed by atoms with Crippen molar-refractivity contribution in [1.82, 2.24) is 0 Å². The Kier molecular flexibility index (Phi) is 4.21. The zero-order chi connectivity index (χ0) is 16.6. The van der Waals surface area contributed by atoms with Gasteiger partial charge in [0.25, 0.3) is 5.69 Å². The van der Waals surface area contributed by atoms with Gasteiger partial charge in [-0.2, -0.15) is 13.2 Å². The Labute approximate surface area is 132 Å². The number of alkyl halides is 3. The summed E-state index contributed by atoms with van der Waals surface area (Å²) in [5.41, 5.74) is -1.07. The maximum absolute atomic E-state index is 12.8. The van der Waals surface area contributed by atoms with Gasteiger partial charge >= 0.3 is 6.18 Å². The molecule has 1 aromatic carbocycles. The molecule has 0 unspecified atom stereocenters. The van der Waals surface area contributed by atoms with Crippen molar-refractivity contribution in [3.63, 3.8) is 0 Å². The summed E-state index contributed by atoms with van der Waals surface area (Å²) in [6.45, 7) is 0.674. The lowest BCUT2D eigenvalue weighted by atomic mass is 9.78. The number of anilines is 1. The Hall–Kier alpha value is -1.79. The first kappa shape index (κ1) is 16.1. The zero-order valence-electron chi connectivity index (χ0n) is 12.7. The highest BCUT2D eigenvalue weighted by Gasteiger charge is 2.38. The van der Waals surface area contributed by atoms with Crippen LogP contribution >= 0.6 is 0 Å². The van der Waals surface area contributed by atoms with Gasteiger partial charge in [0.05, 0.1) is 10.5 Å². The van der Waals surface area contributed by atoms with E-state index in [1.165, 1.54) is 12.5 Å². The molecule has 0 amide bonds. The number of halogens is 3. The third kappa shape index (κ3) is 3.14. The van der Waals surface area contributed by atoms with Crippen molar-refractivity contribution < 1.29 is 18.1 Å². The first-order chi connectivity index (χ1) is 10.9. The van der Waals surface area contributed by atoms with Crippen LogP contribution in [0.1, 0.15) is 44.1 Å². The van der Waals surface area contributed by atoms with Crippen molar-refractivity contribution in [2.45, 2.75) is 50.7 Å². The average Bonchev–Trinajstić information content (AvgIpc) is 2.53. The molecular weight excluding hydrogens is 309 g/mol. The molecule has 1 heterocycles. The van der Waals surface area contributed by atoms with Crippen LogP contribution in [0, 0.1) is 16.0 Å². The molecule has 1 aliphatic carbocycles. The van der Waals surface area contributed by atoms with Gasteiger partial charge in [0.1, 0.15) is 5.69 Å². The van der Waals surface area contributed by atoms with E-state index in [0.29, 0.717) is 24.2 Å². The fraction of sp³-hybridized carbons (Fsp3) is 0.625. The second-order valence-electron chi connectivity index (χ2n) is 6.41. The zero-order valence-corrected chi connectivity index (χ0v) is 12.7. The lowest BCUT2D eigenvalue weighted by Gasteiger charge is -2.45. The Morgan fingerprint density at radius 1 is 1.13 bits per heavy atom. The van der Waals surface area contributed by atoms with Crippen LogP contribution in [0.15, 0.2) is 18.2 Å². The minimum absolute atomic E-state index is 0.216. The van der Waals surface area contributed by atoms with Gasteiger partial charge in [-0.15, -0.1) is 0 Å². The van der Waals surface area contributed by atoms with E-state index in [9.17, 15) is 23.3 Å². The van der Waals surface area contributed by atoms with Crippen LogP contribution in [0.2, 0.25) is 0 Å². The highest BCUT2D eigenvalue weighted by molar-refractivity contribution is 5.65. The lowest BCUT2D eigenvalue weighted by molar-refractivity contribution is -0.384. The summed E-state index contributed by atoms with van der Waals surface area (Å²) in [6, 6.07) is 3.11. The molecule has 126 valence electrons. The predicted octanol–water partition coefficient (Wildman–Crippen LogP) is 4.77. The van der Waals surface area contributed by atoms with Gasteiger partial charge in [-0.3, -0.25) is 10.1 Å². The molecule has 2 atom stereocenters. The molecule has 23 heavy (non-hydrogen) atoms. The molecule has 1 saturated heterocycles. The first-order valence-electron chi connectivity index (χ1n) is 8.00. The Morgan fingerprint density at radius 3 is 2.52 bits per heavy atom. The van der Waals surface area contributed by atoms with Crippen LogP contribution in [0.5, 0.6) is 0 Å². The lowest BCUT2D eigenvalue weighted by Crippen LogP contribution is -2.47. The van der Waals surface area contributed by atoms with Gasteiger partial charge in [-0.25, -0.2) is 0 Å². The normalized spacial score (nSPS) is 25.1. The van der Waals surface area contributed by atoms with Gasteiger partial charge in [0.15, 0.2) is 0 Å². The number of piperidine rings is 1. The number of rotatable bonds is 2. The molecule has 3 rings (SSSR count). The topological polar surface area (TPSA) is 46.4 Å². The molecule has 0 N–H and O–H groups in total. The molecule has 4 nitrogen and oxygen atoms in total. The quantitative estimate of drug-likeness (QED) is 0.580. The molecule has 1 aliphatic heterocycles. The Morgan fingerprint density at radius 2 is 1.83 bits per heavy atom. The van der Waals surface area contributed by atoms with Gasteiger partial charge in [-0.05, 0) is 43.7 Å². The van der Waals surface area contributed by atoms with E-state index in [4.69, 9.17) is 0 Å². The van der Waals surface area contributed by atoms with Crippen LogP contribution < -0.4 is 4.90 Å². The third-order valence-corrected chi connectivity index (χ3v) is 5.05. The van der Waals surface area contributed by atoms with E-state index in [-0.39, 0.29) is 6.04 Å². The monoisotopic (exact) mass is 328 g/mol. The minimum Gasteiger partial charge on any atom is -0.363 e. The van der Waals surface area contributed by atoms with Gasteiger partial charge < -0.3 is 4.90 Å². The summed E-state index contributed by atoms with van der Waals surface area (Å²) in [5.74, 6) is 0.499. The fourth-order valence-corrected chi connectivity index (χ4v) is 4.01. The van der Waals surface area contributed by atoms with E-state index in [2.05, 4.69) is 0 Å². The maximum atomic E-state index is 12.8. The molecule has 1 saturated carbocycles. The molecule has 2 fully saturated rings. The Balaban J connectivity index is 1.99. The van der Waals surface area contributed by atoms with Crippen molar-refractivity contribution in [2.24, 2.45) is 5.92 Å². The molecule has 0 aromatic heterocycles. The number of hydrogen-bond acceptors (Lipinski definition) is 3. The summed E-state index contributed by atoms with van der Waals surface area (Å²) >= 11 is 0. The smallest absolute Gasteiger partial charge is 0.363 e. The summed E-state index contributed by atoms with van der Waals surface area (Å²) in [5, 5.41) is 11.3. The van der Waals surface area contributed by atoms with Crippen LogP contribution in [0.4, 0.5) is 24.5 Å². The maximum Gasteiger partial charge on any atom is 0.416 e. The highest BCUT2D eigenvalue weighted by Crippen LogP contribution is 2.42. The van der Waals surface area contributed by atoms with Crippen molar-refractivity contribution in [2.75, 3.05) is 11.4 Å². The minimum atomic E-state index is -4.57. The number of fused-ring (bicyclic) bond motifs is 1. The van der Waals surface area contributed by atoms with E-state index in [1.54, 1.807) is 0 Å². The van der Waals surface area contributed by atoms with E-state index < -0.39 is 22.4 Å². The molecule has 2 aliphatic rings. The van der Waals surface area contributed by atoms with Crippen molar-refractivity contribution >= 4 is 11.4 Å². The van der Waals surface area contributed by atoms with Crippen LogP contribution in [-0.2, 0) is 6.18 Å². The van der Waals surface area contributed by atoms with Crippen molar-refractivity contribution in [1.29, 1.82) is 0 Å². The highest BCUT2D eigenvalue weighted by atomic mass is 19.4. The summed E-state index contributed by atoms with van der Waals surface area (Å²) in [6.07, 6.45) is 1.78. The van der Waals surface area contributed by atoms with Gasteiger partial charge in [-0.1, -0.05) is 12.8 Å². The second-order valence-corrected chi connectivity index (χ2v) is 6.41.